The number of likely N-dealkylation sites (tertiary alicyclic amines) is 1. The van der Waals surface area contributed by atoms with E-state index in [4.69, 9.17) is 5.11 Å². The summed E-state index contributed by atoms with van der Waals surface area (Å²) in [6.07, 6.45) is 1.54. The van der Waals surface area contributed by atoms with Crippen molar-refractivity contribution in [2.24, 2.45) is 0 Å². The molecule has 0 aromatic heterocycles. The van der Waals surface area contributed by atoms with Crippen molar-refractivity contribution in [3.63, 3.8) is 0 Å². The summed E-state index contributed by atoms with van der Waals surface area (Å²) in [6, 6.07) is 15.4. The van der Waals surface area contributed by atoms with Gasteiger partial charge in [-0.05, 0) is 42.7 Å². The van der Waals surface area contributed by atoms with Gasteiger partial charge in [-0.3, -0.25) is 4.79 Å². The van der Waals surface area contributed by atoms with Crippen molar-refractivity contribution in [1.29, 1.82) is 0 Å². The molecule has 0 aliphatic carbocycles. The number of nitrogens with one attached hydrogen (secondary N) is 2. The zero-order chi connectivity index (χ0) is 19.9. The second-order valence-corrected chi connectivity index (χ2v) is 6.80. The lowest BCUT2D eigenvalue weighted by Gasteiger charge is -2.32. The van der Waals surface area contributed by atoms with Gasteiger partial charge in [0, 0.05) is 24.8 Å². The zero-order valence-corrected chi connectivity index (χ0v) is 15.4. The van der Waals surface area contributed by atoms with Crippen LogP contribution in [0.15, 0.2) is 54.6 Å². The number of anilines is 1. The number of carboxylic acid groups (broad SMARTS) is 1. The fourth-order valence-corrected chi connectivity index (χ4v) is 3.25. The number of carbonyl (C=O) groups excluding carboxylic acids is 2. The van der Waals surface area contributed by atoms with E-state index >= 15 is 0 Å². The number of urea groups is 1. The zero-order valence-electron chi connectivity index (χ0n) is 15.4. The van der Waals surface area contributed by atoms with Crippen LogP contribution in [0.3, 0.4) is 0 Å². The molecular weight excluding hydrogens is 358 g/mol. The van der Waals surface area contributed by atoms with Crippen LogP contribution in [0, 0.1) is 0 Å². The highest BCUT2D eigenvalue weighted by atomic mass is 16.4. The average molecular weight is 381 g/mol. The molecule has 3 rings (SSSR count). The number of nitrogens with zero attached hydrogens (tertiary/aromatic N) is 1. The molecule has 0 spiro atoms. The van der Waals surface area contributed by atoms with Crippen LogP contribution in [-0.2, 0) is 11.2 Å². The summed E-state index contributed by atoms with van der Waals surface area (Å²) in [6.45, 7) is 1.13. The molecule has 0 unspecified atom stereocenters. The predicted octanol–water partition coefficient (Wildman–Crippen LogP) is 2.74. The minimum Gasteiger partial charge on any atom is -0.478 e. The maximum Gasteiger partial charge on any atom is 0.335 e. The SMILES string of the molecule is O=C(Nc1ccccc1)NC1CCN(C(=O)Cc2cccc(C(=O)O)c2)CC1. The minimum absolute atomic E-state index is 0.0168. The lowest BCUT2D eigenvalue weighted by Crippen LogP contribution is -2.47. The Hall–Kier alpha value is -3.35. The van der Waals surface area contributed by atoms with E-state index in [0.29, 0.717) is 31.5 Å². The quantitative estimate of drug-likeness (QED) is 0.742. The number of amides is 3. The molecule has 1 aliphatic heterocycles. The molecule has 1 aliphatic rings. The van der Waals surface area contributed by atoms with E-state index < -0.39 is 5.97 Å². The maximum atomic E-state index is 12.5. The van der Waals surface area contributed by atoms with Crippen LogP contribution in [0.5, 0.6) is 0 Å². The molecule has 0 radical (unpaired) electrons. The Bertz CT molecular complexity index is 846. The van der Waals surface area contributed by atoms with Crippen LogP contribution in [0.1, 0.15) is 28.8 Å². The Kier molecular flexibility index (Phi) is 6.26. The topological polar surface area (TPSA) is 98.7 Å². The summed E-state index contributed by atoms with van der Waals surface area (Å²) >= 11 is 0. The molecule has 1 saturated heterocycles. The number of rotatable bonds is 5. The highest BCUT2D eigenvalue weighted by molar-refractivity contribution is 5.89. The summed E-state index contributed by atoms with van der Waals surface area (Å²) in [4.78, 5) is 37.4. The van der Waals surface area contributed by atoms with E-state index in [1.54, 1.807) is 17.0 Å². The number of carbonyl (C=O) groups is 3. The third-order valence-electron chi connectivity index (χ3n) is 4.74. The fourth-order valence-electron chi connectivity index (χ4n) is 3.25. The van der Waals surface area contributed by atoms with Crippen molar-refractivity contribution in [2.45, 2.75) is 25.3 Å². The van der Waals surface area contributed by atoms with Crippen molar-refractivity contribution in [1.82, 2.24) is 10.2 Å². The van der Waals surface area contributed by atoms with Gasteiger partial charge in [0.25, 0.3) is 0 Å². The van der Waals surface area contributed by atoms with Gasteiger partial charge in [0.15, 0.2) is 0 Å². The number of hydrogen-bond acceptors (Lipinski definition) is 3. The summed E-state index contributed by atoms with van der Waals surface area (Å²) < 4.78 is 0. The Morgan fingerprint density at radius 2 is 1.71 bits per heavy atom. The molecule has 0 atom stereocenters. The third kappa shape index (κ3) is 5.33. The van der Waals surface area contributed by atoms with Gasteiger partial charge in [-0.25, -0.2) is 9.59 Å². The third-order valence-corrected chi connectivity index (χ3v) is 4.74. The molecule has 146 valence electrons. The van der Waals surface area contributed by atoms with E-state index in [9.17, 15) is 14.4 Å². The monoisotopic (exact) mass is 381 g/mol. The Morgan fingerprint density at radius 3 is 2.39 bits per heavy atom. The van der Waals surface area contributed by atoms with Gasteiger partial charge in [0.1, 0.15) is 0 Å². The molecule has 7 nitrogen and oxygen atoms in total. The maximum absolute atomic E-state index is 12.5. The molecule has 3 amide bonds. The first-order valence-electron chi connectivity index (χ1n) is 9.24. The van der Waals surface area contributed by atoms with Gasteiger partial charge in [-0.2, -0.15) is 0 Å². The number of piperidine rings is 1. The molecule has 0 saturated carbocycles. The first-order valence-corrected chi connectivity index (χ1v) is 9.24. The second-order valence-electron chi connectivity index (χ2n) is 6.80. The highest BCUT2D eigenvalue weighted by Gasteiger charge is 2.24. The summed E-state index contributed by atoms with van der Waals surface area (Å²) in [5.41, 5.74) is 1.60. The van der Waals surface area contributed by atoms with Crippen molar-refractivity contribution in [2.75, 3.05) is 18.4 Å². The summed E-state index contributed by atoms with van der Waals surface area (Å²) in [5.74, 6) is -1.04. The Morgan fingerprint density at radius 1 is 1.00 bits per heavy atom. The van der Waals surface area contributed by atoms with Gasteiger partial charge in [0.2, 0.25) is 5.91 Å². The minimum atomic E-state index is -1.00. The van der Waals surface area contributed by atoms with E-state index in [2.05, 4.69) is 10.6 Å². The smallest absolute Gasteiger partial charge is 0.335 e. The van der Waals surface area contributed by atoms with Crippen LogP contribution in [-0.4, -0.2) is 47.0 Å². The van der Waals surface area contributed by atoms with E-state index in [1.807, 2.05) is 30.3 Å². The number of para-hydroxylation sites is 1. The molecule has 7 heteroatoms. The van der Waals surface area contributed by atoms with Crippen molar-refractivity contribution >= 4 is 23.6 Å². The van der Waals surface area contributed by atoms with Crippen molar-refractivity contribution in [3.8, 4) is 0 Å². The lowest BCUT2D eigenvalue weighted by molar-refractivity contribution is -0.131. The van der Waals surface area contributed by atoms with E-state index in [0.717, 1.165) is 5.69 Å². The number of carboxylic acids is 1. The van der Waals surface area contributed by atoms with Gasteiger partial charge >= 0.3 is 12.0 Å². The Labute approximate surface area is 163 Å². The van der Waals surface area contributed by atoms with Crippen molar-refractivity contribution in [3.05, 3.63) is 65.7 Å². The van der Waals surface area contributed by atoms with Crippen LogP contribution in [0.4, 0.5) is 10.5 Å². The predicted molar refractivity (Wildman–Crippen MR) is 105 cm³/mol. The molecular formula is C21H23N3O4. The lowest BCUT2D eigenvalue weighted by atomic mass is 10.0. The molecule has 1 fully saturated rings. The first kappa shape index (κ1) is 19.4. The van der Waals surface area contributed by atoms with E-state index in [1.165, 1.54) is 12.1 Å². The van der Waals surface area contributed by atoms with E-state index in [-0.39, 0.29) is 30.0 Å². The van der Waals surface area contributed by atoms with Crippen LogP contribution < -0.4 is 10.6 Å². The molecule has 2 aromatic carbocycles. The standard InChI is InChI=1S/C21H23N3O4/c25-19(14-15-5-4-6-16(13-15)20(26)27)24-11-9-18(10-12-24)23-21(28)22-17-7-2-1-3-8-17/h1-8,13,18H,9-12,14H2,(H,26,27)(H2,22,23,28). The summed E-state index contributed by atoms with van der Waals surface area (Å²) in [7, 11) is 0. The second kappa shape index (κ2) is 9.03. The number of aromatic carboxylic acids is 1. The summed E-state index contributed by atoms with van der Waals surface area (Å²) in [5, 5.41) is 14.8. The van der Waals surface area contributed by atoms with Crippen LogP contribution >= 0.6 is 0 Å². The van der Waals surface area contributed by atoms with Gasteiger partial charge < -0.3 is 20.6 Å². The van der Waals surface area contributed by atoms with Gasteiger partial charge in [-0.15, -0.1) is 0 Å². The normalized spacial score (nSPS) is 14.4. The molecule has 2 aromatic rings. The largest absolute Gasteiger partial charge is 0.478 e. The first-order chi connectivity index (χ1) is 13.5. The average Bonchev–Trinajstić information content (AvgIpc) is 2.69. The number of benzene rings is 2. The molecule has 0 bridgehead atoms. The van der Waals surface area contributed by atoms with Gasteiger partial charge in [-0.1, -0.05) is 30.3 Å². The van der Waals surface area contributed by atoms with Crippen LogP contribution in [0.25, 0.3) is 0 Å². The fraction of sp³-hybridized carbons (Fsp3) is 0.286. The Balaban J connectivity index is 1.45. The highest BCUT2D eigenvalue weighted by Crippen LogP contribution is 2.14. The van der Waals surface area contributed by atoms with Gasteiger partial charge in [0.05, 0.1) is 12.0 Å². The van der Waals surface area contributed by atoms with Crippen LogP contribution in [0.2, 0.25) is 0 Å². The molecule has 3 N–H and O–H groups in total. The number of hydrogen-bond donors (Lipinski definition) is 3. The molecule has 28 heavy (non-hydrogen) atoms. The van der Waals surface area contributed by atoms with Crippen molar-refractivity contribution < 1.29 is 19.5 Å². The molecule has 1 heterocycles.